The number of rotatable bonds is 3. The molecular weight excluding hydrogens is 350 g/mol. The van der Waals surface area contributed by atoms with Gasteiger partial charge in [0, 0.05) is 19.0 Å². The van der Waals surface area contributed by atoms with Gasteiger partial charge in [0.1, 0.15) is 0 Å². The molecule has 3 aromatic rings. The van der Waals surface area contributed by atoms with E-state index in [9.17, 15) is 14.7 Å². The molecule has 1 saturated carbocycles. The van der Waals surface area contributed by atoms with Crippen molar-refractivity contribution in [1.29, 1.82) is 0 Å². The van der Waals surface area contributed by atoms with Gasteiger partial charge >= 0.3 is 5.97 Å². The van der Waals surface area contributed by atoms with Crippen molar-refractivity contribution in [3.63, 3.8) is 0 Å². The van der Waals surface area contributed by atoms with Crippen LogP contribution in [0.2, 0.25) is 0 Å². The van der Waals surface area contributed by atoms with E-state index in [0.717, 1.165) is 17.5 Å². The summed E-state index contributed by atoms with van der Waals surface area (Å²) in [5, 5.41) is 12.0. The third kappa shape index (κ3) is 2.76. The minimum atomic E-state index is -0.869. The molecule has 0 aromatic heterocycles. The lowest BCUT2D eigenvalue weighted by molar-refractivity contribution is -0.141. The monoisotopic (exact) mass is 371 g/mol. The first kappa shape index (κ1) is 17.0. The highest BCUT2D eigenvalue weighted by molar-refractivity contribution is 5.90. The van der Waals surface area contributed by atoms with E-state index in [4.69, 9.17) is 0 Å². The Morgan fingerprint density at radius 2 is 1.61 bits per heavy atom. The molecule has 0 spiro atoms. The van der Waals surface area contributed by atoms with Crippen LogP contribution < -0.4 is 0 Å². The van der Waals surface area contributed by atoms with Gasteiger partial charge in [-0.1, -0.05) is 66.7 Å². The largest absolute Gasteiger partial charge is 0.481 e. The van der Waals surface area contributed by atoms with E-state index in [1.165, 1.54) is 16.3 Å². The zero-order valence-electron chi connectivity index (χ0n) is 15.4. The Labute approximate surface area is 163 Å². The molecule has 5 rings (SSSR count). The van der Waals surface area contributed by atoms with E-state index in [1.54, 1.807) is 4.90 Å². The van der Waals surface area contributed by atoms with Crippen molar-refractivity contribution in [2.75, 3.05) is 6.54 Å². The summed E-state index contributed by atoms with van der Waals surface area (Å²) in [5.41, 5.74) is 3.00. The van der Waals surface area contributed by atoms with Crippen molar-refractivity contribution in [1.82, 2.24) is 4.90 Å². The minimum absolute atomic E-state index is 0.0505. The van der Waals surface area contributed by atoms with Crippen LogP contribution in [0.4, 0.5) is 0 Å². The maximum atomic E-state index is 13.2. The van der Waals surface area contributed by atoms with E-state index in [2.05, 4.69) is 30.3 Å². The number of hydrogen-bond acceptors (Lipinski definition) is 2. The highest BCUT2D eigenvalue weighted by Gasteiger charge is 2.47. The fourth-order valence-electron chi connectivity index (χ4n) is 4.61. The van der Waals surface area contributed by atoms with Crippen LogP contribution in [0.25, 0.3) is 10.8 Å². The first-order valence-electron chi connectivity index (χ1n) is 9.70. The zero-order valence-corrected chi connectivity index (χ0v) is 15.4. The van der Waals surface area contributed by atoms with Crippen LogP contribution in [-0.4, -0.2) is 28.4 Å². The van der Waals surface area contributed by atoms with E-state index >= 15 is 0 Å². The minimum Gasteiger partial charge on any atom is -0.481 e. The molecule has 0 bridgehead atoms. The van der Waals surface area contributed by atoms with E-state index < -0.39 is 11.9 Å². The lowest BCUT2D eigenvalue weighted by Crippen LogP contribution is -2.41. The van der Waals surface area contributed by atoms with Crippen molar-refractivity contribution in [3.8, 4) is 0 Å². The number of aliphatic carboxylic acids is 1. The third-order valence-corrected chi connectivity index (χ3v) is 6.13. The number of carboxylic acids is 1. The van der Waals surface area contributed by atoms with E-state index in [-0.39, 0.29) is 24.3 Å². The zero-order chi connectivity index (χ0) is 19.3. The molecule has 0 radical (unpaired) electrons. The standard InChI is InChI=1S/C24H21NO3/c26-23(25-13-16-7-2-4-10-18(16)22(14-25)24(27)28)21-12-20(21)19-11-5-8-15-6-1-3-9-17(15)19/h1-11,20-22H,12-14H2,(H,27,28). The number of amides is 1. The van der Waals surface area contributed by atoms with Gasteiger partial charge in [0.15, 0.2) is 0 Å². The lowest BCUT2D eigenvalue weighted by Gasteiger charge is -2.33. The smallest absolute Gasteiger partial charge is 0.312 e. The summed E-state index contributed by atoms with van der Waals surface area (Å²) in [7, 11) is 0. The van der Waals surface area contributed by atoms with Gasteiger partial charge in [-0.2, -0.15) is 0 Å². The molecule has 3 unspecified atom stereocenters. The summed E-state index contributed by atoms with van der Waals surface area (Å²) in [6, 6.07) is 22.1. The number of fused-ring (bicyclic) bond motifs is 2. The molecule has 28 heavy (non-hydrogen) atoms. The number of carboxylic acid groups (broad SMARTS) is 1. The Balaban J connectivity index is 1.40. The van der Waals surface area contributed by atoms with E-state index in [0.29, 0.717) is 6.54 Å². The van der Waals surface area contributed by atoms with Crippen LogP contribution in [0.1, 0.15) is 34.9 Å². The lowest BCUT2D eigenvalue weighted by atomic mass is 9.89. The fraction of sp³-hybridized carbons (Fsp3) is 0.250. The molecule has 1 N–H and O–H groups in total. The van der Waals surface area contributed by atoms with Crippen LogP contribution in [0, 0.1) is 5.92 Å². The number of nitrogens with zero attached hydrogens (tertiary/aromatic N) is 1. The molecule has 0 saturated heterocycles. The van der Waals surface area contributed by atoms with Crippen LogP contribution in [0.5, 0.6) is 0 Å². The Morgan fingerprint density at radius 3 is 2.46 bits per heavy atom. The average Bonchev–Trinajstić information content (AvgIpc) is 3.52. The van der Waals surface area contributed by atoms with Crippen molar-refractivity contribution in [2.24, 2.45) is 5.92 Å². The molecular formula is C24H21NO3. The Bertz CT molecular complexity index is 1080. The van der Waals surface area contributed by atoms with Gasteiger partial charge < -0.3 is 10.0 Å². The summed E-state index contributed by atoms with van der Waals surface area (Å²) in [6.07, 6.45) is 0.836. The van der Waals surface area contributed by atoms with Crippen LogP contribution in [-0.2, 0) is 16.1 Å². The molecule has 4 nitrogen and oxygen atoms in total. The normalized spacial score (nSPS) is 23.3. The maximum Gasteiger partial charge on any atom is 0.312 e. The molecule has 1 aliphatic heterocycles. The van der Waals surface area contributed by atoms with Gasteiger partial charge in [0.2, 0.25) is 5.91 Å². The molecule has 3 aromatic carbocycles. The first-order chi connectivity index (χ1) is 13.6. The summed E-state index contributed by atoms with van der Waals surface area (Å²) in [6.45, 7) is 0.751. The molecule has 1 fully saturated rings. The quantitative estimate of drug-likeness (QED) is 0.752. The number of benzene rings is 3. The van der Waals surface area contributed by atoms with Gasteiger partial charge in [0.25, 0.3) is 0 Å². The molecule has 1 heterocycles. The van der Waals surface area contributed by atoms with Gasteiger partial charge in [-0.15, -0.1) is 0 Å². The van der Waals surface area contributed by atoms with Gasteiger partial charge in [-0.3, -0.25) is 9.59 Å². The SMILES string of the molecule is O=C(O)C1CN(C(=O)C2CC2c2cccc3ccccc23)Cc2ccccc21. The topological polar surface area (TPSA) is 57.6 Å². The van der Waals surface area contributed by atoms with Crippen molar-refractivity contribution in [2.45, 2.75) is 24.8 Å². The Hall–Kier alpha value is -3.14. The van der Waals surface area contributed by atoms with Crippen molar-refractivity contribution < 1.29 is 14.7 Å². The number of carbonyl (C=O) groups is 2. The predicted molar refractivity (Wildman–Crippen MR) is 107 cm³/mol. The summed E-state index contributed by atoms with van der Waals surface area (Å²) in [5.74, 6) is -1.27. The Morgan fingerprint density at radius 1 is 0.893 bits per heavy atom. The van der Waals surface area contributed by atoms with Gasteiger partial charge in [0.05, 0.1) is 5.92 Å². The fourth-order valence-corrected chi connectivity index (χ4v) is 4.61. The average molecular weight is 371 g/mol. The van der Waals surface area contributed by atoms with Crippen LogP contribution >= 0.6 is 0 Å². The number of carbonyl (C=O) groups excluding carboxylic acids is 1. The summed E-state index contributed by atoms with van der Waals surface area (Å²) < 4.78 is 0. The van der Waals surface area contributed by atoms with Crippen LogP contribution in [0.15, 0.2) is 66.7 Å². The first-order valence-corrected chi connectivity index (χ1v) is 9.70. The predicted octanol–water partition coefficient (Wildman–Crippen LogP) is 4.15. The van der Waals surface area contributed by atoms with Gasteiger partial charge in [-0.25, -0.2) is 0 Å². The molecule has 2 aliphatic rings. The maximum absolute atomic E-state index is 13.2. The Kier molecular flexibility index (Phi) is 3.93. The second-order valence-electron chi connectivity index (χ2n) is 7.83. The molecule has 1 aliphatic carbocycles. The van der Waals surface area contributed by atoms with Crippen molar-refractivity contribution in [3.05, 3.63) is 83.4 Å². The molecule has 3 atom stereocenters. The van der Waals surface area contributed by atoms with E-state index in [1.807, 2.05) is 36.4 Å². The second kappa shape index (κ2) is 6.48. The van der Waals surface area contributed by atoms with Crippen LogP contribution in [0.3, 0.4) is 0 Å². The summed E-state index contributed by atoms with van der Waals surface area (Å²) in [4.78, 5) is 26.7. The molecule has 140 valence electrons. The molecule has 1 amide bonds. The third-order valence-electron chi connectivity index (χ3n) is 6.13. The molecule has 4 heteroatoms. The summed E-state index contributed by atoms with van der Waals surface area (Å²) >= 11 is 0. The van der Waals surface area contributed by atoms with Gasteiger partial charge in [-0.05, 0) is 39.8 Å². The second-order valence-corrected chi connectivity index (χ2v) is 7.83. The number of hydrogen-bond donors (Lipinski definition) is 1. The highest BCUT2D eigenvalue weighted by Crippen LogP contribution is 2.51. The van der Waals surface area contributed by atoms with Crippen molar-refractivity contribution >= 4 is 22.6 Å². The highest BCUT2D eigenvalue weighted by atomic mass is 16.4.